The van der Waals surface area contributed by atoms with Crippen molar-refractivity contribution in [2.75, 3.05) is 13.7 Å². The van der Waals surface area contributed by atoms with Gasteiger partial charge in [-0.25, -0.2) is 0 Å². The number of ether oxygens (including phenoxy) is 1. The van der Waals surface area contributed by atoms with Gasteiger partial charge in [-0.2, -0.15) is 0 Å². The van der Waals surface area contributed by atoms with E-state index in [1.165, 1.54) is 0 Å². The zero-order chi connectivity index (χ0) is 14.8. The molecule has 0 aliphatic carbocycles. The molecule has 2 unspecified atom stereocenters. The van der Waals surface area contributed by atoms with E-state index in [-0.39, 0.29) is 23.7 Å². The van der Waals surface area contributed by atoms with Crippen LogP contribution >= 0.6 is 0 Å². The Morgan fingerprint density at radius 1 is 1.30 bits per heavy atom. The lowest BCUT2D eigenvalue weighted by atomic mass is 9.61. The number of carbonyl (C=O) groups is 2. The molecule has 2 atom stereocenters. The maximum absolute atomic E-state index is 12.4. The SMILES string of the molecule is COCC1(C(C)C)CC(=O)NC(=O)C1c1ccccc1. The molecule has 0 radical (unpaired) electrons. The van der Waals surface area contributed by atoms with E-state index in [9.17, 15) is 9.59 Å². The lowest BCUT2D eigenvalue weighted by Crippen LogP contribution is -2.54. The number of carbonyl (C=O) groups excluding carboxylic acids is 2. The summed E-state index contributed by atoms with van der Waals surface area (Å²) < 4.78 is 5.36. The average molecular weight is 275 g/mol. The van der Waals surface area contributed by atoms with E-state index in [2.05, 4.69) is 5.32 Å². The Morgan fingerprint density at radius 2 is 1.95 bits per heavy atom. The molecule has 1 aliphatic heterocycles. The van der Waals surface area contributed by atoms with Crippen LogP contribution in [0.1, 0.15) is 31.7 Å². The van der Waals surface area contributed by atoms with Gasteiger partial charge in [-0.1, -0.05) is 44.2 Å². The first-order valence-corrected chi connectivity index (χ1v) is 6.89. The molecule has 1 aromatic carbocycles. The van der Waals surface area contributed by atoms with E-state index < -0.39 is 5.41 Å². The minimum atomic E-state index is -0.491. The fraction of sp³-hybridized carbons (Fsp3) is 0.500. The molecule has 1 aliphatic rings. The van der Waals surface area contributed by atoms with Crippen molar-refractivity contribution in [2.45, 2.75) is 26.2 Å². The Bertz CT molecular complexity index is 498. The summed E-state index contributed by atoms with van der Waals surface area (Å²) in [6.07, 6.45) is 0.309. The zero-order valence-electron chi connectivity index (χ0n) is 12.2. The minimum Gasteiger partial charge on any atom is -0.384 e. The van der Waals surface area contributed by atoms with E-state index in [0.29, 0.717) is 13.0 Å². The number of benzene rings is 1. The number of hydrogen-bond donors (Lipinski definition) is 1. The number of methoxy groups -OCH3 is 1. The highest BCUT2D eigenvalue weighted by atomic mass is 16.5. The third kappa shape index (κ3) is 2.48. The Morgan fingerprint density at radius 3 is 2.50 bits per heavy atom. The number of piperidine rings is 1. The first kappa shape index (κ1) is 14.7. The predicted molar refractivity (Wildman–Crippen MR) is 76.1 cm³/mol. The van der Waals surface area contributed by atoms with Gasteiger partial charge >= 0.3 is 0 Å². The quantitative estimate of drug-likeness (QED) is 0.856. The van der Waals surface area contributed by atoms with Crippen LogP contribution in [0.4, 0.5) is 0 Å². The molecule has 108 valence electrons. The minimum absolute atomic E-state index is 0.155. The summed E-state index contributed by atoms with van der Waals surface area (Å²) >= 11 is 0. The van der Waals surface area contributed by atoms with Crippen LogP contribution in [0.3, 0.4) is 0 Å². The van der Waals surface area contributed by atoms with Gasteiger partial charge in [0.2, 0.25) is 11.8 Å². The van der Waals surface area contributed by atoms with Crippen molar-refractivity contribution in [2.24, 2.45) is 11.3 Å². The van der Waals surface area contributed by atoms with Crippen LogP contribution in [-0.2, 0) is 14.3 Å². The zero-order valence-corrected chi connectivity index (χ0v) is 12.2. The van der Waals surface area contributed by atoms with Crippen LogP contribution in [0.2, 0.25) is 0 Å². The van der Waals surface area contributed by atoms with Gasteiger partial charge in [0.15, 0.2) is 0 Å². The summed E-state index contributed by atoms with van der Waals surface area (Å²) in [7, 11) is 1.61. The Hall–Kier alpha value is -1.68. The van der Waals surface area contributed by atoms with Crippen LogP contribution in [0.5, 0.6) is 0 Å². The molecule has 0 bridgehead atoms. The molecule has 0 aromatic heterocycles. The van der Waals surface area contributed by atoms with Gasteiger partial charge in [-0.15, -0.1) is 0 Å². The highest BCUT2D eigenvalue weighted by Crippen LogP contribution is 2.47. The molecule has 4 heteroatoms. The van der Waals surface area contributed by atoms with Gasteiger partial charge in [-0.3, -0.25) is 14.9 Å². The Labute approximate surface area is 119 Å². The van der Waals surface area contributed by atoms with E-state index in [1.54, 1.807) is 7.11 Å². The molecule has 4 nitrogen and oxygen atoms in total. The molecule has 1 saturated heterocycles. The Balaban J connectivity index is 2.52. The average Bonchev–Trinajstić information content (AvgIpc) is 2.39. The first-order valence-electron chi connectivity index (χ1n) is 6.89. The van der Waals surface area contributed by atoms with E-state index >= 15 is 0 Å². The second-order valence-corrected chi connectivity index (χ2v) is 5.75. The van der Waals surface area contributed by atoms with Gasteiger partial charge in [0.1, 0.15) is 0 Å². The lowest BCUT2D eigenvalue weighted by Gasteiger charge is -2.45. The molecule has 1 N–H and O–H groups in total. The van der Waals surface area contributed by atoms with Crippen molar-refractivity contribution < 1.29 is 14.3 Å². The van der Waals surface area contributed by atoms with E-state index in [4.69, 9.17) is 4.74 Å². The van der Waals surface area contributed by atoms with Crippen molar-refractivity contribution in [1.29, 1.82) is 0 Å². The molecule has 2 amide bonds. The Kier molecular flexibility index (Phi) is 4.23. The van der Waals surface area contributed by atoms with Crippen molar-refractivity contribution in [1.82, 2.24) is 5.32 Å². The second-order valence-electron chi connectivity index (χ2n) is 5.75. The van der Waals surface area contributed by atoms with Crippen molar-refractivity contribution in [3.05, 3.63) is 35.9 Å². The standard InChI is InChI=1S/C16H21NO3/c1-11(2)16(10-20-3)9-13(18)17-15(19)14(16)12-7-5-4-6-8-12/h4-8,11,14H,9-10H2,1-3H3,(H,17,18,19). The molecule has 1 fully saturated rings. The third-order valence-corrected chi connectivity index (χ3v) is 4.29. The monoisotopic (exact) mass is 275 g/mol. The van der Waals surface area contributed by atoms with E-state index in [0.717, 1.165) is 5.56 Å². The highest BCUT2D eigenvalue weighted by molar-refractivity contribution is 6.02. The van der Waals surface area contributed by atoms with Crippen molar-refractivity contribution >= 4 is 11.8 Å². The summed E-state index contributed by atoms with van der Waals surface area (Å²) in [5, 5.41) is 2.46. The molecular weight excluding hydrogens is 254 g/mol. The predicted octanol–water partition coefficient (Wildman–Crippen LogP) is 2.11. The van der Waals surface area contributed by atoms with Crippen LogP contribution in [-0.4, -0.2) is 25.5 Å². The van der Waals surface area contributed by atoms with Gasteiger partial charge < -0.3 is 4.74 Å². The normalized spacial score (nSPS) is 26.7. The summed E-state index contributed by atoms with van der Waals surface area (Å²) in [5.74, 6) is -0.643. The maximum atomic E-state index is 12.4. The fourth-order valence-corrected chi connectivity index (χ4v) is 3.15. The number of amides is 2. The summed E-state index contributed by atoms with van der Waals surface area (Å²) in [6.45, 7) is 4.48. The fourth-order valence-electron chi connectivity index (χ4n) is 3.15. The maximum Gasteiger partial charge on any atom is 0.234 e. The molecule has 0 saturated carbocycles. The summed E-state index contributed by atoms with van der Waals surface area (Å²) in [4.78, 5) is 24.3. The van der Waals surface area contributed by atoms with Crippen molar-refractivity contribution in [3.63, 3.8) is 0 Å². The van der Waals surface area contributed by atoms with Crippen LogP contribution in [0.25, 0.3) is 0 Å². The van der Waals surface area contributed by atoms with Gasteiger partial charge in [0.05, 0.1) is 12.5 Å². The third-order valence-electron chi connectivity index (χ3n) is 4.29. The summed E-state index contributed by atoms with van der Waals surface area (Å²) in [6, 6.07) is 9.62. The number of nitrogens with one attached hydrogen (secondary N) is 1. The number of rotatable bonds is 4. The van der Waals surface area contributed by atoms with E-state index in [1.807, 2.05) is 44.2 Å². The molecule has 0 spiro atoms. The summed E-state index contributed by atoms with van der Waals surface area (Å²) in [5.41, 5.74) is 0.443. The van der Waals surface area contributed by atoms with Crippen LogP contribution in [0, 0.1) is 11.3 Å². The molecule has 2 rings (SSSR count). The van der Waals surface area contributed by atoms with Gasteiger partial charge in [0, 0.05) is 18.9 Å². The van der Waals surface area contributed by atoms with Gasteiger partial charge in [0.25, 0.3) is 0 Å². The largest absolute Gasteiger partial charge is 0.384 e. The topological polar surface area (TPSA) is 55.4 Å². The number of imide groups is 1. The van der Waals surface area contributed by atoms with Crippen LogP contribution in [0.15, 0.2) is 30.3 Å². The molecule has 20 heavy (non-hydrogen) atoms. The van der Waals surface area contributed by atoms with Crippen molar-refractivity contribution in [3.8, 4) is 0 Å². The molecule has 1 aromatic rings. The van der Waals surface area contributed by atoms with Crippen LogP contribution < -0.4 is 5.32 Å². The van der Waals surface area contributed by atoms with Gasteiger partial charge in [-0.05, 0) is 11.5 Å². The first-order chi connectivity index (χ1) is 9.51. The molecular formula is C16H21NO3. The lowest BCUT2D eigenvalue weighted by molar-refractivity contribution is -0.145. The highest BCUT2D eigenvalue weighted by Gasteiger charge is 2.51. The number of hydrogen-bond acceptors (Lipinski definition) is 3. The molecule has 1 heterocycles. The second kappa shape index (κ2) is 5.75. The smallest absolute Gasteiger partial charge is 0.234 e.